The van der Waals surface area contributed by atoms with Crippen molar-refractivity contribution in [1.29, 1.82) is 0 Å². The first kappa shape index (κ1) is 10.9. The van der Waals surface area contributed by atoms with Crippen LogP contribution in [0.15, 0.2) is 6.07 Å². The van der Waals surface area contributed by atoms with Crippen molar-refractivity contribution in [3.05, 3.63) is 17.6 Å². The van der Waals surface area contributed by atoms with Crippen molar-refractivity contribution >= 4 is 5.82 Å². The van der Waals surface area contributed by atoms with Crippen LogP contribution in [0.5, 0.6) is 0 Å². The molecule has 1 aromatic heterocycles. The van der Waals surface area contributed by atoms with Crippen molar-refractivity contribution in [3.8, 4) is 0 Å². The fourth-order valence-corrected chi connectivity index (χ4v) is 1.18. The van der Waals surface area contributed by atoms with Crippen LogP contribution in [0.25, 0.3) is 0 Å². The van der Waals surface area contributed by atoms with Crippen molar-refractivity contribution in [1.82, 2.24) is 9.97 Å². The lowest BCUT2D eigenvalue weighted by atomic mass is 10.1. The van der Waals surface area contributed by atoms with E-state index in [9.17, 15) is 0 Å². The number of nitrogens with two attached hydrogens (primary N) is 1. The molecule has 14 heavy (non-hydrogen) atoms. The molecule has 0 unspecified atom stereocenters. The molecule has 4 nitrogen and oxygen atoms in total. The Kier molecular flexibility index (Phi) is 3.83. The third kappa shape index (κ3) is 2.96. The molecule has 0 aliphatic carbocycles. The molecule has 0 radical (unpaired) electrons. The standard InChI is InChI=1S/C10H18N4/c1-7(2)9-6-10(12-5-4-11)14-8(3)13-9/h6-7H,4-5,11H2,1-3H3,(H,12,13,14). The number of anilines is 1. The molecular weight excluding hydrogens is 176 g/mol. The van der Waals surface area contributed by atoms with Gasteiger partial charge in [-0.05, 0) is 12.8 Å². The molecule has 0 saturated carbocycles. The molecule has 0 saturated heterocycles. The summed E-state index contributed by atoms with van der Waals surface area (Å²) in [6.45, 7) is 7.50. The summed E-state index contributed by atoms with van der Waals surface area (Å²) < 4.78 is 0. The highest BCUT2D eigenvalue weighted by Crippen LogP contribution is 2.14. The molecule has 3 N–H and O–H groups in total. The highest BCUT2D eigenvalue weighted by atomic mass is 15.0. The van der Waals surface area contributed by atoms with E-state index in [0.717, 1.165) is 23.9 Å². The molecule has 0 spiro atoms. The Labute approximate surface area is 85.0 Å². The Bertz CT molecular complexity index is 296. The second kappa shape index (κ2) is 4.91. The maximum atomic E-state index is 5.41. The number of nitrogens with one attached hydrogen (secondary N) is 1. The van der Waals surface area contributed by atoms with Crippen molar-refractivity contribution in [3.63, 3.8) is 0 Å². The van der Waals surface area contributed by atoms with Gasteiger partial charge in [-0.25, -0.2) is 9.97 Å². The number of aromatic nitrogens is 2. The van der Waals surface area contributed by atoms with Gasteiger partial charge in [0, 0.05) is 24.8 Å². The molecule has 0 bridgehead atoms. The SMILES string of the molecule is Cc1nc(NCCN)cc(C(C)C)n1. The highest BCUT2D eigenvalue weighted by Gasteiger charge is 2.04. The number of hydrogen-bond acceptors (Lipinski definition) is 4. The maximum absolute atomic E-state index is 5.41. The Hall–Kier alpha value is -1.16. The first-order chi connectivity index (χ1) is 6.63. The van der Waals surface area contributed by atoms with E-state index < -0.39 is 0 Å². The molecule has 0 fully saturated rings. The van der Waals surface area contributed by atoms with Crippen LogP contribution < -0.4 is 11.1 Å². The van der Waals surface area contributed by atoms with Crippen LogP contribution in [-0.4, -0.2) is 23.1 Å². The summed E-state index contributed by atoms with van der Waals surface area (Å²) in [5, 5.41) is 3.15. The van der Waals surface area contributed by atoms with Crippen LogP contribution in [0.4, 0.5) is 5.82 Å². The molecule has 0 aromatic carbocycles. The van der Waals surface area contributed by atoms with E-state index in [1.807, 2.05) is 13.0 Å². The molecule has 4 heteroatoms. The summed E-state index contributed by atoms with van der Waals surface area (Å²) in [5.41, 5.74) is 6.47. The van der Waals surface area contributed by atoms with Gasteiger partial charge in [0.15, 0.2) is 0 Å². The lowest BCUT2D eigenvalue weighted by Gasteiger charge is -2.09. The van der Waals surface area contributed by atoms with Gasteiger partial charge in [0.1, 0.15) is 11.6 Å². The average Bonchev–Trinajstić information content (AvgIpc) is 2.14. The number of hydrogen-bond donors (Lipinski definition) is 2. The fourth-order valence-electron chi connectivity index (χ4n) is 1.18. The van der Waals surface area contributed by atoms with Crippen LogP contribution >= 0.6 is 0 Å². The van der Waals surface area contributed by atoms with E-state index in [0.29, 0.717) is 12.5 Å². The van der Waals surface area contributed by atoms with Gasteiger partial charge < -0.3 is 11.1 Å². The Morgan fingerprint density at radius 3 is 2.71 bits per heavy atom. The Morgan fingerprint density at radius 2 is 2.14 bits per heavy atom. The van der Waals surface area contributed by atoms with Gasteiger partial charge >= 0.3 is 0 Å². The van der Waals surface area contributed by atoms with Crippen LogP contribution in [0.2, 0.25) is 0 Å². The van der Waals surface area contributed by atoms with Gasteiger partial charge in [-0.2, -0.15) is 0 Å². The number of nitrogens with zero attached hydrogens (tertiary/aromatic N) is 2. The third-order valence-corrected chi connectivity index (χ3v) is 1.90. The molecule has 0 aliphatic rings. The highest BCUT2D eigenvalue weighted by molar-refractivity contribution is 5.36. The topological polar surface area (TPSA) is 63.8 Å². The van der Waals surface area contributed by atoms with Gasteiger partial charge in [0.2, 0.25) is 0 Å². The lowest BCUT2D eigenvalue weighted by Crippen LogP contribution is -2.14. The molecule has 1 rings (SSSR count). The van der Waals surface area contributed by atoms with Crippen LogP contribution in [0.1, 0.15) is 31.3 Å². The van der Waals surface area contributed by atoms with Gasteiger partial charge in [-0.3, -0.25) is 0 Å². The smallest absolute Gasteiger partial charge is 0.129 e. The summed E-state index contributed by atoms with van der Waals surface area (Å²) in [4.78, 5) is 8.64. The largest absolute Gasteiger partial charge is 0.369 e. The maximum Gasteiger partial charge on any atom is 0.129 e. The Morgan fingerprint density at radius 1 is 1.43 bits per heavy atom. The minimum Gasteiger partial charge on any atom is -0.369 e. The molecular formula is C10H18N4. The third-order valence-electron chi connectivity index (χ3n) is 1.90. The summed E-state index contributed by atoms with van der Waals surface area (Å²) in [5.74, 6) is 2.09. The van der Waals surface area contributed by atoms with Crippen molar-refractivity contribution in [2.24, 2.45) is 5.73 Å². The molecule has 1 aromatic rings. The lowest BCUT2D eigenvalue weighted by molar-refractivity contribution is 0.801. The summed E-state index contributed by atoms with van der Waals surface area (Å²) in [6.07, 6.45) is 0. The van der Waals surface area contributed by atoms with Crippen LogP contribution in [0, 0.1) is 6.92 Å². The average molecular weight is 194 g/mol. The second-order valence-electron chi connectivity index (χ2n) is 3.60. The zero-order valence-corrected chi connectivity index (χ0v) is 9.04. The van der Waals surface area contributed by atoms with Crippen molar-refractivity contribution < 1.29 is 0 Å². The molecule has 0 atom stereocenters. The van der Waals surface area contributed by atoms with E-state index in [2.05, 4.69) is 29.1 Å². The normalized spacial score (nSPS) is 10.6. The number of aryl methyl sites for hydroxylation is 1. The number of rotatable bonds is 4. The van der Waals surface area contributed by atoms with E-state index in [-0.39, 0.29) is 0 Å². The van der Waals surface area contributed by atoms with Crippen molar-refractivity contribution in [2.45, 2.75) is 26.7 Å². The van der Waals surface area contributed by atoms with E-state index in [1.54, 1.807) is 0 Å². The molecule has 0 amide bonds. The first-order valence-corrected chi connectivity index (χ1v) is 4.93. The van der Waals surface area contributed by atoms with Crippen LogP contribution in [-0.2, 0) is 0 Å². The summed E-state index contributed by atoms with van der Waals surface area (Å²) in [6, 6.07) is 1.98. The zero-order chi connectivity index (χ0) is 10.6. The van der Waals surface area contributed by atoms with E-state index in [1.165, 1.54) is 0 Å². The monoisotopic (exact) mass is 194 g/mol. The van der Waals surface area contributed by atoms with E-state index >= 15 is 0 Å². The fraction of sp³-hybridized carbons (Fsp3) is 0.600. The van der Waals surface area contributed by atoms with Crippen molar-refractivity contribution in [2.75, 3.05) is 18.4 Å². The molecule has 0 aliphatic heterocycles. The Balaban J connectivity index is 2.84. The minimum absolute atomic E-state index is 0.426. The van der Waals surface area contributed by atoms with E-state index in [4.69, 9.17) is 5.73 Å². The summed E-state index contributed by atoms with van der Waals surface area (Å²) >= 11 is 0. The predicted molar refractivity (Wildman–Crippen MR) is 58.4 cm³/mol. The minimum atomic E-state index is 0.426. The first-order valence-electron chi connectivity index (χ1n) is 4.93. The summed E-state index contributed by atoms with van der Waals surface area (Å²) in [7, 11) is 0. The predicted octanol–water partition coefficient (Wildman–Crippen LogP) is 1.28. The quantitative estimate of drug-likeness (QED) is 0.758. The van der Waals surface area contributed by atoms with Gasteiger partial charge in [-0.1, -0.05) is 13.8 Å². The van der Waals surface area contributed by atoms with Gasteiger partial charge in [0.25, 0.3) is 0 Å². The van der Waals surface area contributed by atoms with Gasteiger partial charge in [0.05, 0.1) is 0 Å². The van der Waals surface area contributed by atoms with Crippen LogP contribution in [0.3, 0.4) is 0 Å². The molecule has 1 heterocycles. The zero-order valence-electron chi connectivity index (χ0n) is 9.04. The second-order valence-corrected chi connectivity index (χ2v) is 3.60. The van der Waals surface area contributed by atoms with Gasteiger partial charge in [-0.15, -0.1) is 0 Å². The molecule has 78 valence electrons.